The maximum atomic E-state index is 6.04. The molecule has 2 rings (SSSR count). The molecule has 1 aliphatic rings. The molecule has 0 bridgehead atoms. The quantitative estimate of drug-likeness (QED) is 0.624. The zero-order valence-corrected chi connectivity index (χ0v) is 12.7. The van der Waals surface area contributed by atoms with E-state index in [1.807, 2.05) is 30.4 Å². The second kappa shape index (κ2) is 5.32. The zero-order valence-electron chi connectivity index (χ0n) is 11.9. The number of benzene rings is 1. The monoisotopic (exact) mass is 278 g/mol. The zero-order chi connectivity index (χ0) is 14.1. The van der Waals surface area contributed by atoms with Crippen LogP contribution in [0.2, 0.25) is 0 Å². The van der Waals surface area contributed by atoms with Crippen LogP contribution in [0.1, 0.15) is 33.3 Å². The minimum Gasteiger partial charge on any atom is -0.399 e. The van der Waals surface area contributed by atoms with Crippen molar-refractivity contribution in [3.05, 3.63) is 35.9 Å². The Labute approximate surface area is 120 Å². The standard InChI is InChI=1S/C15H20BClO2/c1-14(2)15(3,4)19-16(18-14)13-9-5-7-12(11-13)8-6-10-17/h5-9,11H,10H2,1-4H3. The van der Waals surface area contributed by atoms with E-state index in [1.165, 1.54) is 0 Å². The molecule has 0 radical (unpaired) electrons. The molecular formula is C15H20BClO2. The maximum absolute atomic E-state index is 6.04. The molecule has 102 valence electrons. The van der Waals surface area contributed by atoms with Crippen molar-refractivity contribution < 1.29 is 9.31 Å². The molecule has 1 saturated heterocycles. The highest BCUT2D eigenvalue weighted by Crippen LogP contribution is 2.36. The van der Waals surface area contributed by atoms with E-state index in [2.05, 4.69) is 33.8 Å². The summed E-state index contributed by atoms with van der Waals surface area (Å²) in [6, 6.07) is 8.15. The van der Waals surface area contributed by atoms with Crippen molar-refractivity contribution in [2.45, 2.75) is 38.9 Å². The van der Waals surface area contributed by atoms with Gasteiger partial charge in [0, 0.05) is 5.88 Å². The third-order valence-corrected chi connectivity index (χ3v) is 4.01. The summed E-state index contributed by atoms with van der Waals surface area (Å²) in [5.41, 5.74) is 1.53. The van der Waals surface area contributed by atoms with Crippen LogP contribution < -0.4 is 5.46 Å². The summed E-state index contributed by atoms with van der Waals surface area (Å²) in [6.45, 7) is 8.24. The van der Waals surface area contributed by atoms with Gasteiger partial charge in [-0.3, -0.25) is 0 Å². The second-order valence-corrected chi connectivity index (χ2v) is 6.12. The van der Waals surface area contributed by atoms with Crippen LogP contribution in [0.25, 0.3) is 6.08 Å². The van der Waals surface area contributed by atoms with E-state index >= 15 is 0 Å². The SMILES string of the molecule is CC1(C)OB(c2cccc(C=CCCl)c2)OC1(C)C. The number of rotatable bonds is 3. The van der Waals surface area contributed by atoms with Crippen molar-refractivity contribution in [2.75, 3.05) is 5.88 Å². The van der Waals surface area contributed by atoms with Crippen molar-refractivity contribution in [3.8, 4) is 0 Å². The van der Waals surface area contributed by atoms with E-state index in [9.17, 15) is 0 Å². The van der Waals surface area contributed by atoms with Crippen LogP contribution in [0.15, 0.2) is 30.3 Å². The van der Waals surface area contributed by atoms with Gasteiger partial charge in [0.2, 0.25) is 0 Å². The summed E-state index contributed by atoms with van der Waals surface area (Å²) in [5, 5.41) is 0. The van der Waals surface area contributed by atoms with Gasteiger partial charge in [0.25, 0.3) is 0 Å². The maximum Gasteiger partial charge on any atom is 0.494 e. The predicted octanol–water partition coefficient (Wildman–Crippen LogP) is 3.24. The number of allylic oxidation sites excluding steroid dienone is 1. The molecule has 0 amide bonds. The highest BCUT2D eigenvalue weighted by molar-refractivity contribution is 6.62. The van der Waals surface area contributed by atoms with Gasteiger partial charge in [0.15, 0.2) is 0 Å². The lowest BCUT2D eigenvalue weighted by Gasteiger charge is -2.32. The molecule has 0 unspecified atom stereocenters. The van der Waals surface area contributed by atoms with Crippen molar-refractivity contribution in [1.29, 1.82) is 0 Å². The van der Waals surface area contributed by atoms with Gasteiger partial charge >= 0.3 is 7.12 Å². The van der Waals surface area contributed by atoms with Crippen LogP contribution in [0.5, 0.6) is 0 Å². The van der Waals surface area contributed by atoms with Gasteiger partial charge < -0.3 is 9.31 Å². The number of alkyl halides is 1. The topological polar surface area (TPSA) is 18.5 Å². The summed E-state index contributed by atoms with van der Waals surface area (Å²) in [4.78, 5) is 0. The average Bonchev–Trinajstić information content (AvgIpc) is 2.56. The molecule has 1 aliphatic heterocycles. The van der Waals surface area contributed by atoms with Gasteiger partial charge in [-0.25, -0.2) is 0 Å². The van der Waals surface area contributed by atoms with E-state index < -0.39 is 0 Å². The predicted molar refractivity (Wildman–Crippen MR) is 81.9 cm³/mol. The highest BCUT2D eigenvalue weighted by Gasteiger charge is 2.51. The fraction of sp³-hybridized carbons (Fsp3) is 0.467. The average molecular weight is 279 g/mol. The van der Waals surface area contributed by atoms with Crippen LogP contribution in [-0.4, -0.2) is 24.2 Å². The molecule has 1 fully saturated rings. The molecule has 0 atom stereocenters. The largest absolute Gasteiger partial charge is 0.494 e. The van der Waals surface area contributed by atoms with E-state index in [0.29, 0.717) is 5.88 Å². The highest BCUT2D eigenvalue weighted by atomic mass is 35.5. The van der Waals surface area contributed by atoms with Crippen LogP contribution in [0, 0.1) is 0 Å². The van der Waals surface area contributed by atoms with Gasteiger partial charge in [0.1, 0.15) is 0 Å². The molecule has 2 nitrogen and oxygen atoms in total. The Morgan fingerprint density at radius 3 is 2.37 bits per heavy atom. The molecule has 0 aromatic heterocycles. The van der Waals surface area contributed by atoms with Crippen molar-refractivity contribution in [2.24, 2.45) is 0 Å². The Morgan fingerprint density at radius 2 is 1.79 bits per heavy atom. The Hall–Kier alpha value is -0.765. The first-order valence-electron chi connectivity index (χ1n) is 6.54. The van der Waals surface area contributed by atoms with Crippen LogP contribution >= 0.6 is 11.6 Å². The molecule has 19 heavy (non-hydrogen) atoms. The van der Waals surface area contributed by atoms with Gasteiger partial charge in [-0.15, -0.1) is 11.6 Å². The molecule has 1 aromatic carbocycles. The minimum absolute atomic E-state index is 0.306. The van der Waals surface area contributed by atoms with Crippen LogP contribution in [-0.2, 0) is 9.31 Å². The molecule has 0 N–H and O–H groups in total. The molecule has 0 spiro atoms. The Kier molecular flexibility index (Phi) is 4.10. The molecule has 0 aliphatic carbocycles. The third kappa shape index (κ3) is 3.05. The smallest absolute Gasteiger partial charge is 0.399 e. The van der Waals surface area contributed by atoms with E-state index in [0.717, 1.165) is 11.0 Å². The minimum atomic E-state index is -0.311. The molecule has 4 heteroatoms. The molecule has 0 saturated carbocycles. The fourth-order valence-electron chi connectivity index (χ4n) is 1.97. The Balaban J connectivity index is 2.22. The van der Waals surface area contributed by atoms with E-state index in [1.54, 1.807) is 0 Å². The lowest BCUT2D eigenvalue weighted by atomic mass is 9.78. The van der Waals surface area contributed by atoms with Crippen molar-refractivity contribution in [3.63, 3.8) is 0 Å². The van der Waals surface area contributed by atoms with E-state index in [-0.39, 0.29) is 18.3 Å². The Bertz CT molecular complexity index is 467. The summed E-state index contributed by atoms with van der Waals surface area (Å²) in [7, 11) is -0.311. The Morgan fingerprint density at radius 1 is 1.16 bits per heavy atom. The fourth-order valence-corrected chi connectivity index (χ4v) is 2.06. The van der Waals surface area contributed by atoms with Crippen LogP contribution in [0.4, 0.5) is 0 Å². The van der Waals surface area contributed by atoms with Gasteiger partial charge in [-0.1, -0.05) is 36.4 Å². The number of halogens is 1. The van der Waals surface area contributed by atoms with E-state index in [4.69, 9.17) is 20.9 Å². The molecule has 1 heterocycles. The first-order chi connectivity index (χ1) is 8.86. The van der Waals surface area contributed by atoms with Gasteiger partial charge in [-0.2, -0.15) is 0 Å². The summed E-state index contributed by atoms with van der Waals surface area (Å²) >= 11 is 5.66. The van der Waals surface area contributed by atoms with Crippen molar-refractivity contribution >= 4 is 30.3 Å². The van der Waals surface area contributed by atoms with Crippen LogP contribution in [0.3, 0.4) is 0 Å². The lowest BCUT2D eigenvalue weighted by molar-refractivity contribution is 0.00578. The lowest BCUT2D eigenvalue weighted by Crippen LogP contribution is -2.41. The number of hydrogen-bond donors (Lipinski definition) is 0. The van der Waals surface area contributed by atoms with Gasteiger partial charge in [0.05, 0.1) is 11.2 Å². The first kappa shape index (κ1) is 14.6. The molecule has 1 aromatic rings. The summed E-state index contributed by atoms with van der Waals surface area (Å²) in [6.07, 6.45) is 3.92. The first-order valence-corrected chi connectivity index (χ1v) is 7.07. The number of hydrogen-bond acceptors (Lipinski definition) is 2. The summed E-state index contributed by atoms with van der Waals surface area (Å²) < 4.78 is 12.1. The van der Waals surface area contributed by atoms with Crippen molar-refractivity contribution in [1.82, 2.24) is 0 Å². The normalized spacial score (nSPS) is 21.2. The second-order valence-electron chi connectivity index (χ2n) is 5.82. The summed E-state index contributed by atoms with van der Waals surface area (Å²) in [5.74, 6) is 0.515. The molecular weight excluding hydrogens is 258 g/mol. The third-order valence-electron chi connectivity index (χ3n) is 3.84. The van der Waals surface area contributed by atoms with Gasteiger partial charge in [-0.05, 0) is 38.7 Å².